The lowest BCUT2D eigenvalue weighted by Gasteiger charge is -2.23. The fourth-order valence-electron chi connectivity index (χ4n) is 4.39. The Labute approximate surface area is 206 Å². The third-order valence-electron chi connectivity index (χ3n) is 6.19. The predicted molar refractivity (Wildman–Crippen MR) is 134 cm³/mol. The number of benzene rings is 2. The molecule has 0 radical (unpaired) electrons. The standard InChI is InChI=1S/C26H23F3N4O2S/c1-36(34,35)33-8-5-17(6-9-33)25-14-23-21(4-7-30-26(23)32-25)22-13-20(2-3-24(22)29)31-15-16-10-18(27)12-19(28)11-16/h2-5,7,10-14,31H,6,8-9,15H2,1H3,(H,30,32). The van der Waals surface area contributed by atoms with E-state index in [0.29, 0.717) is 47.5 Å². The molecule has 4 aromatic rings. The molecule has 2 aromatic carbocycles. The molecule has 0 atom stereocenters. The largest absolute Gasteiger partial charge is 0.381 e. The van der Waals surface area contributed by atoms with Crippen LogP contribution in [0.15, 0.2) is 60.8 Å². The zero-order valence-electron chi connectivity index (χ0n) is 19.4. The molecular weight excluding hydrogens is 489 g/mol. The number of halogens is 3. The molecule has 6 nitrogen and oxygen atoms in total. The molecule has 0 saturated heterocycles. The summed E-state index contributed by atoms with van der Waals surface area (Å²) < 4.78 is 66.9. The van der Waals surface area contributed by atoms with Gasteiger partial charge in [0.1, 0.15) is 23.1 Å². The number of aromatic nitrogens is 2. The summed E-state index contributed by atoms with van der Waals surface area (Å²) in [5, 5.41) is 3.81. The van der Waals surface area contributed by atoms with Crippen molar-refractivity contribution in [2.45, 2.75) is 13.0 Å². The van der Waals surface area contributed by atoms with Crippen molar-refractivity contribution >= 4 is 32.3 Å². The van der Waals surface area contributed by atoms with Crippen molar-refractivity contribution in [1.82, 2.24) is 14.3 Å². The van der Waals surface area contributed by atoms with Gasteiger partial charge in [-0.1, -0.05) is 6.08 Å². The maximum atomic E-state index is 14.9. The lowest BCUT2D eigenvalue weighted by atomic mass is 10.0. The van der Waals surface area contributed by atoms with Gasteiger partial charge in [0.15, 0.2) is 0 Å². The lowest BCUT2D eigenvalue weighted by Crippen LogP contribution is -2.33. The number of H-pyrrole nitrogens is 1. The van der Waals surface area contributed by atoms with Crippen LogP contribution in [-0.4, -0.2) is 42.0 Å². The Balaban J connectivity index is 1.44. The quantitative estimate of drug-likeness (QED) is 0.367. The molecule has 1 aliphatic heterocycles. The Morgan fingerprint density at radius 3 is 2.50 bits per heavy atom. The van der Waals surface area contributed by atoms with Crippen molar-refractivity contribution in [2.75, 3.05) is 24.7 Å². The second kappa shape index (κ2) is 9.44. The fourth-order valence-corrected chi connectivity index (χ4v) is 5.16. The Hall–Kier alpha value is -3.63. The van der Waals surface area contributed by atoms with Gasteiger partial charge in [-0.15, -0.1) is 0 Å². The Morgan fingerprint density at radius 2 is 1.81 bits per heavy atom. The van der Waals surface area contributed by atoms with Gasteiger partial charge in [-0.05, 0) is 65.6 Å². The van der Waals surface area contributed by atoms with Crippen LogP contribution in [0.25, 0.3) is 27.7 Å². The summed E-state index contributed by atoms with van der Waals surface area (Å²) in [4.78, 5) is 7.65. The van der Waals surface area contributed by atoms with Crippen molar-refractivity contribution < 1.29 is 21.6 Å². The van der Waals surface area contributed by atoms with Gasteiger partial charge in [0.25, 0.3) is 0 Å². The van der Waals surface area contributed by atoms with E-state index in [2.05, 4.69) is 15.3 Å². The number of aromatic amines is 1. The first-order valence-corrected chi connectivity index (χ1v) is 13.1. The number of hydrogen-bond acceptors (Lipinski definition) is 4. The topological polar surface area (TPSA) is 78.1 Å². The summed E-state index contributed by atoms with van der Waals surface area (Å²) in [6.07, 6.45) is 5.20. The molecule has 0 bridgehead atoms. The molecule has 0 fully saturated rings. The molecule has 0 spiro atoms. The number of rotatable bonds is 6. The highest BCUT2D eigenvalue weighted by Crippen LogP contribution is 2.34. The van der Waals surface area contributed by atoms with E-state index in [1.165, 1.54) is 28.8 Å². The van der Waals surface area contributed by atoms with Crippen molar-refractivity contribution in [3.63, 3.8) is 0 Å². The van der Waals surface area contributed by atoms with Crippen LogP contribution in [0.1, 0.15) is 17.7 Å². The minimum absolute atomic E-state index is 0.165. The van der Waals surface area contributed by atoms with Gasteiger partial charge < -0.3 is 10.3 Å². The van der Waals surface area contributed by atoms with E-state index in [-0.39, 0.29) is 6.54 Å². The Kier molecular flexibility index (Phi) is 6.31. The average Bonchev–Trinajstić information content (AvgIpc) is 3.27. The number of nitrogens with one attached hydrogen (secondary N) is 2. The average molecular weight is 513 g/mol. The number of hydrogen-bond donors (Lipinski definition) is 2. The van der Waals surface area contributed by atoms with Gasteiger partial charge in [-0.3, -0.25) is 0 Å². The molecule has 2 aromatic heterocycles. The van der Waals surface area contributed by atoms with Gasteiger partial charge in [0.05, 0.1) is 6.26 Å². The van der Waals surface area contributed by atoms with Gasteiger partial charge in [-0.2, -0.15) is 4.31 Å². The molecule has 0 saturated carbocycles. The van der Waals surface area contributed by atoms with E-state index in [0.717, 1.165) is 22.7 Å². The lowest BCUT2D eigenvalue weighted by molar-refractivity contribution is 0.445. The first kappa shape index (κ1) is 24.1. The monoisotopic (exact) mass is 512 g/mol. The van der Waals surface area contributed by atoms with Crippen LogP contribution in [0.5, 0.6) is 0 Å². The van der Waals surface area contributed by atoms with Crippen molar-refractivity contribution in [3.8, 4) is 11.1 Å². The number of nitrogens with zero attached hydrogens (tertiary/aromatic N) is 2. The van der Waals surface area contributed by atoms with Gasteiger partial charge in [0, 0.05) is 54.2 Å². The smallest absolute Gasteiger partial charge is 0.211 e. The number of pyridine rings is 1. The zero-order chi connectivity index (χ0) is 25.4. The first-order chi connectivity index (χ1) is 17.2. The summed E-state index contributed by atoms with van der Waals surface area (Å²) in [6.45, 7) is 0.845. The number of anilines is 1. The molecule has 186 valence electrons. The minimum atomic E-state index is -3.25. The summed E-state index contributed by atoms with van der Waals surface area (Å²) in [7, 11) is -3.25. The van der Waals surface area contributed by atoms with Crippen LogP contribution in [0.4, 0.5) is 18.9 Å². The van der Waals surface area contributed by atoms with Gasteiger partial charge in [0.2, 0.25) is 10.0 Å². The predicted octanol–water partition coefficient (Wildman–Crippen LogP) is 5.31. The van der Waals surface area contributed by atoms with E-state index in [4.69, 9.17) is 0 Å². The van der Waals surface area contributed by atoms with Crippen LogP contribution >= 0.6 is 0 Å². The third kappa shape index (κ3) is 5.00. The van der Waals surface area contributed by atoms with Crippen LogP contribution in [0, 0.1) is 17.5 Å². The highest BCUT2D eigenvalue weighted by Gasteiger charge is 2.21. The molecule has 10 heteroatoms. The van der Waals surface area contributed by atoms with Crippen LogP contribution in [-0.2, 0) is 16.6 Å². The highest BCUT2D eigenvalue weighted by atomic mass is 32.2. The van der Waals surface area contributed by atoms with Crippen LogP contribution < -0.4 is 5.32 Å². The summed E-state index contributed by atoms with van der Waals surface area (Å²) in [5.41, 5.74) is 4.36. The maximum Gasteiger partial charge on any atom is 0.211 e. The van der Waals surface area contributed by atoms with E-state index >= 15 is 0 Å². The normalized spacial score (nSPS) is 14.7. The summed E-state index contributed by atoms with van der Waals surface area (Å²) in [5.74, 6) is -1.74. The third-order valence-corrected chi connectivity index (χ3v) is 7.46. The van der Waals surface area contributed by atoms with Crippen molar-refractivity contribution in [1.29, 1.82) is 0 Å². The molecule has 0 amide bonds. The van der Waals surface area contributed by atoms with Gasteiger partial charge in [-0.25, -0.2) is 26.6 Å². The Bertz CT molecular complexity index is 1580. The second-order valence-corrected chi connectivity index (χ2v) is 10.7. The van der Waals surface area contributed by atoms with Crippen molar-refractivity contribution in [2.24, 2.45) is 0 Å². The molecule has 2 N–H and O–H groups in total. The van der Waals surface area contributed by atoms with E-state index in [9.17, 15) is 21.6 Å². The van der Waals surface area contributed by atoms with E-state index < -0.39 is 27.5 Å². The summed E-state index contributed by atoms with van der Waals surface area (Å²) >= 11 is 0. The molecule has 0 aliphatic carbocycles. The van der Waals surface area contributed by atoms with Crippen molar-refractivity contribution in [3.05, 3.63) is 89.5 Å². The van der Waals surface area contributed by atoms with Crippen LogP contribution in [0.3, 0.4) is 0 Å². The molecule has 3 heterocycles. The van der Waals surface area contributed by atoms with Gasteiger partial charge >= 0.3 is 0 Å². The maximum absolute atomic E-state index is 14.9. The first-order valence-electron chi connectivity index (χ1n) is 11.3. The molecule has 5 rings (SSSR count). The molecule has 0 unspecified atom stereocenters. The highest BCUT2D eigenvalue weighted by molar-refractivity contribution is 7.88. The molecule has 36 heavy (non-hydrogen) atoms. The SMILES string of the molecule is CS(=O)(=O)N1CC=C(c2cc3c(-c4cc(NCc5cc(F)cc(F)c5)ccc4F)ccnc3[nH]2)CC1. The fraction of sp³-hybridized carbons (Fsp3) is 0.192. The van der Waals surface area contributed by atoms with Crippen LogP contribution in [0.2, 0.25) is 0 Å². The minimum Gasteiger partial charge on any atom is -0.381 e. The second-order valence-electron chi connectivity index (χ2n) is 8.73. The number of fused-ring (bicyclic) bond motifs is 1. The number of sulfonamides is 1. The molecule has 1 aliphatic rings. The van der Waals surface area contributed by atoms with E-state index in [1.807, 2.05) is 12.1 Å². The van der Waals surface area contributed by atoms with E-state index in [1.54, 1.807) is 24.4 Å². The zero-order valence-corrected chi connectivity index (χ0v) is 20.2. The Morgan fingerprint density at radius 1 is 1.03 bits per heavy atom. The molecular formula is C26H23F3N4O2S. The summed E-state index contributed by atoms with van der Waals surface area (Å²) in [6, 6.07) is 11.5.